The lowest BCUT2D eigenvalue weighted by Gasteiger charge is -2.23. The molecule has 1 aliphatic heterocycles. The van der Waals surface area contributed by atoms with Crippen molar-refractivity contribution in [3.05, 3.63) is 90.0 Å². The highest BCUT2D eigenvalue weighted by atomic mass is 32.2. The normalized spacial score (nSPS) is 11.7. The third kappa shape index (κ3) is 4.54. The van der Waals surface area contributed by atoms with Crippen LogP contribution in [0.4, 0.5) is 5.69 Å². The van der Waals surface area contributed by atoms with Crippen molar-refractivity contribution in [3.63, 3.8) is 0 Å². The van der Waals surface area contributed by atoms with E-state index < -0.39 is 0 Å². The molecule has 1 aliphatic rings. The Kier molecular flexibility index (Phi) is 5.95. The Hall–Kier alpha value is -3.84. The molecule has 1 amide bonds. The van der Waals surface area contributed by atoms with E-state index in [0.29, 0.717) is 29.6 Å². The number of fused-ring (bicyclic) bond motifs is 2. The molecule has 0 atom stereocenters. The summed E-state index contributed by atoms with van der Waals surface area (Å²) in [6, 6.07) is 25.0. The van der Waals surface area contributed by atoms with Crippen LogP contribution in [-0.4, -0.2) is 28.7 Å². The van der Waals surface area contributed by atoms with Gasteiger partial charge in [0.2, 0.25) is 11.8 Å². The second kappa shape index (κ2) is 9.34. The number of thioether (sulfide) groups is 1. The molecule has 0 spiro atoms. The number of anilines is 1. The fourth-order valence-corrected chi connectivity index (χ4v) is 4.46. The highest BCUT2D eigenvalue weighted by molar-refractivity contribution is 8.00. The predicted octanol–water partition coefficient (Wildman–Crippen LogP) is 5.58. The van der Waals surface area contributed by atoms with Crippen molar-refractivity contribution in [2.45, 2.75) is 11.4 Å². The molecular weight excluding hydrogens is 434 g/mol. The Balaban J connectivity index is 1.47. The lowest BCUT2D eigenvalue weighted by atomic mass is 10.0. The van der Waals surface area contributed by atoms with Crippen LogP contribution in [0.25, 0.3) is 11.4 Å². The molecule has 0 unspecified atom stereocenters. The Morgan fingerprint density at radius 1 is 1.00 bits per heavy atom. The van der Waals surface area contributed by atoms with Gasteiger partial charge in [0.25, 0.3) is 0 Å². The maximum absolute atomic E-state index is 12.6. The molecule has 3 aromatic carbocycles. The molecule has 1 N–H and O–H groups in total. The minimum absolute atomic E-state index is 0.0985. The SMILES string of the molecule is COc1cccc2c1Oc1nc(-c3ccccc3)nc(SCC(=O)Nc3ccccc3)c1C2. The minimum Gasteiger partial charge on any atom is -0.493 e. The molecular formula is C26H21N3O3S. The standard InChI is InChI=1S/C26H21N3O3S/c1-31-21-14-8-11-18-15-20-25(32-23(18)21)28-24(17-9-4-2-5-10-17)29-26(20)33-16-22(30)27-19-12-6-3-7-13-19/h2-14H,15-16H2,1H3,(H,27,30). The highest BCUT2D eigenvalue weighted by Gasteiger charge is 2.26. The second-order valence-corrected chi connectivity index (χ2v) is 8.40. The van der Waals surface area contributed by atoms with Gasteiger partial charge in [0.15, 0.2) is 17.3 Å². The Bertz CT molecular complexity index is 1300. The van der Waals surface area contributed by atoms with Gasteiger partial charge in [-0.15, -0.1) is 0 Å². The first-order chi connectivity index (χ1) is 16.2. The smallest absolute Gasteiger partial charge is 0.234 e. The topological polar surface area (TPSA) is 73.3 Å². The maximum atomic E-state index is 12.6. The van der Waals surface area contributed by atoms with Crippen molar-refractivity contribution in [1.82, 2.24) is 9.97 Å². The Morgan fingerprint density at radius 3 is 2.52 bits per heavy atom. The quantitative estimate of drug-likeness (QED) is 0.266. The average molecular weight is 456 g/mol. The first-order valence-electron chi connectivity index (χ1n) is 10.5. The number of carbonyl (C=O) groups excluding carboxylic acids is 1. The molecule has 0 saturated heterocycles. The summed E-state index contributed by atoms with van der Waals surface area (Å²) in [5.41, 5.74) is 3.51. The number of hydrogen-bond donors (Lipinski definition) is 1. The zero-order chi connectivity index (χ0) is 22.6. The van der Waals surface area contributed by atoms with Gasteiger partial charge in [-0.25, -0.2) is 4.98 Å². The van der Waals surface area contributed by atoms with Gasteiger partial charge in [0, 0.05) is 23.2 Å². The average Bonchev–Trinajstić information content (AvgIpc) is 2.86. The van der Waals surface area contributed by atoms with Gasteiger partial charge in [0.05, 0.1) is 18.4 Å². The number of para-hydroxylation sites is 2. The molecule has 6 nitrogen and oxygen atoms in total. The van der Waals surface area contributed by atoms with Crippen LogP contribution in [0.15, 0.2) is 83.9 Å². The van der Waals surface area contributed by atoms with E-state index in [1.807, 2.05) is 78.9 Å². The van der Waals surface area contributed by atoms with Gasteiger partial charge < -0.3 is 14.8 Å². The zero-order valence-corrected chi connectivity index (χ0v) is 18.8. The fourth-order valence-electron chi connectivity index (χ4n) is 3.63. The summed E-state index contributed by atoms with van der Waals surface area (Å²) in [6.07, 6.45) is 0.597. The van der Waals surface area contributed by atoms with Crippen molar-refractivity contribution in [2.75, 3.05) is 18.2 Å². The molecule has 0 saturated carbocycles. The van der Waals surface area contributed by atoms with Crippen LogP contribution in [0.2, 0.25) is 0 Å². The fraction of sp³-hybridized carbons (Fsp3) is 0.115. The number of benzene rings is 3. The van der Waals surface area contributed by atoms with Crippen molar-refractivity contribution in [2.24, 2.45) is 0 Å². The van der Waals surface area contributed by atoms with Crippen molar-refractivity contribution < 1.29 is 14.3 Å². The number of nitrogens with zero attached hydrogens (tertiary/aromatic N) is 2. The summed E-state index contributed by atoms with van der Waals surface area (Å²) in [4.78, 5) is 22.1. The molecule has 0 aliphatic carbocycles. The van der Waals surface area contributed by atoms with Crippen LogP contribution >= 0.6 is 11.8 Å². The van der Waals surface area contributed by atoms with Crippen molar-refractivity contribution in [1.29, 1.82) is 0 Å². The van der Waals surface area contributed by atoms with Crippen LogP contribution in [0.3, 0.4) is 0 Å². The predicted molar refractivity (Wildman–Crippen MR) is 129 cm³/mol. The first-order valence-corrected chi connectivity index (χ1v) is 11.5. The van der Waals surface area contributed by atoms with Gasteiger partial charge in [-0.3, -0.25) is 4.79 Å². The van der Waals surface area contributed by atoms with Crippen LogP contribution in [0.1, 0.15) is 11.1 Å². The lowest BCUT2D eigenvalue weighted by molar-refractivity contribution is -0.113. The summed E-state index contributed by atoms with van der Waals surface area (Å²) in [7, 11) is 1.62. The number of rotatable bonds is 6. The summed E-state index contributed by atoms with van der Waals surface area (Å²) in [5, 5.41) is 3.65. The molecule has 7 heteroatoms. The van der Waals surface area contributed by atoms with E-state index in [0.717, 1.165) is 27.4 Å². The molecule has 4 aromatic rings. The maximum Gasteiger partial charge on any atom is 0.234 e. The van der Waals surface area contributed by atoms with Gasteiger partial charge in [-0.05, 0) is 18.2 Å². The van der Waals surface area contributed by atoms with E-state index in [9.17, 15) is 4.79 Å². The van der Waals surface area contributed by atoms with Gasteiger partial charge in [-0.2, -0.15) is 4.98 Å². The monoisotopic (exact) mass is 455 g/mol. The number of hydrogen-bond acceptors (Lipinski definition) is 6. The van der Waals surface area contributed by atoms with Crippen LogP contribution in [0.5, 0.6) is 17.4 Å². The summed E-state index contributed by atoms with van der Waals surface area (Å²) >= 11 is 1.38. The van der Waals surface area contributed by atoms with E-state index in [2.05, 4.69) is 5.32 Å². The molecule has 33 heavy (non-hydrogen) atoms. The third-order valence-corrected chi connectivity index (χ3v) is 6.22. The van der Waals surface area contributed by atoms with E-state index in [1.54, 1.807) is 7.11 Å². The summed E-state index contributed by atoms with van der Waals surface area (Å²) in [6.45, 7) is 0. The van der Waals surface area contributed by atoms with E-state index >= 15 is 0 Å². The Labute approximate surface area is 196 Å². The van der Waals surface area contributed by atoms with Gasteiger partial charge >= 0.3 is 0 Å². The summed E-state index contributed by atoms with van der Waals surface area (Å²) in [5.74, 6) is 2.50. The van der Waals surface area contributed by atoms with Crippen LogP contribution < -0.4 is 14.8 Å². The van der Waals surface area contributed by atoms with E-state index in [1.165, 1.54) is 11.8 Å². The van der Waals surface area contributed by atoms with Crippen molar-refractivity contribution in [3.8, 4) is 28.8 Å². The molecule has 2 heterocycles. The Morgan fingerprint density at radius 2 is 1.76 bits per heavy atom. The molecule has 0 fully saturated rings. The number of carbonyl (C=O) groups is 1. The van der Waals surface area contributed by atoms with Crippen LogP contribution in [0, 0.1) is 0 Å². The molecule has 5 rings (SSSR count). The number of ether oxygens (including phenoxy) is 2. The molecule has 164 valence electrons. The van der Waals surface area contributed by atoms with E-state index in [-0.39, 0.29) is 11.7 Å². The third-order valence-electron chi connectivity index (χ3n) is 5.21. The molecule has 0 bridgehead atoms. The van der Waals surface area contributed by atoms with Gasteiger partial charge in [-0.1, -0.05) is 72.4 Å². The number of nitrogens with one attached hydrogen (secondary N) is 1. The largest absolute Gasteiger partial charge is 0.493 e. The molecule has 1 aromatic heterocycles. The zero-order valence-electron chi connectivity index (χ0n) is 17.9. The second-order valence-electron chi connectivity index (χ2n) is 7.43. The lowest BCUT2D eigenvalue weighted by Crippen LogP contribution is -2.15. The summed E-state index contributed by atoms with van der Waals surface area (Å²) < 4.78 is 11.7. The number of amides is 1. The molecule has 0 radical (unpaired) electrons. The van der Waals surface area contributed by atoms with E-state index in [4.69, 9.17) is 19.4 Å². The number of aromatic nitrogens is 2. The minimum atomic E-state index is -0.0985. The first kappa shape index (κ1) is 21.0. The van der Waals surface area contributed by atoms with Crippen molar-refractivity contribution >= 4 is 23.4 Å². The highest BCUT2D eigenvalue weighted by Crippen LogP contribution is 2.44. The van der Waals surface area contributed by atoms with Gasteiger partial charge in [0.1, 0.15) is 5.03 Å². The van der Waals surface area contributed by atoms with Crippen LogP contribution in [-0.2, 0) is 11.2 Å². The number of methoxy groups -OCH3 is 1.